The van der Waals surface area contributed by atoms with Crippen LogP contribution in [0.2, 0.25) is 0 Å². The van der Waals surface area contributed by atoms with Crippen molar-refractivity contribution in [3.05, 3.63) is 227 Å². The van der Waals surface area contributed by atoms with Crippen LogP contribution in [0.5, 0.6) is 0 Å². The van der Waals surface area contributed by atoms with Crippen LogP contribution in [-0.2, 0) is 10.8 Å². The summed E-state index contributed by atoms with van der Waals surface area (Å²) < 4.78 is 0. The van der Waals surface area contributed by atoms with Crippen molar-refractivity contribution in [3.8, 4) is 33.4 Å². The number of allylic oxidation sites excluding steroid dienone is 4. The van der Waals surface area contributed by atoms with E-state index in [4.69, 9.17) is 0 Å². The maximum atomic E-state index is 2.61. The van der Waals surface area contributed by atoms with Gasteiger partial charge in [-0.15, -0.1) is 0 Å². The van der Waals surface area contributed by atoms with Crippen LogP contribution in [0.1, 0.15) is 65.1 Å². The minimum absolute atomic E-state index is 0.111. The third-order valence-electron chi connectivity index (χ3n) is 12.7. The number of fused-ring (bicyclic) bond motifs is 13. The van der Waals surface area contributed by atoms with Crippen LogP contribution in [0.3, 0.4) is 0 Å². The molecule has 0 aliphatic heterocycles. The number of hydrogen-bond donors (Lipinski definition) is 0. The minimum atomic E-state index is -0.401. The Morgan fingerprint density at radius 2 is 1.04 bits per heavy atom. The summed E-state index contributed by atoms with van der Waals surface area (Å²) in [6.07, 6.45) is 7.90. The highest BCUT2D eigenvalue weighted by molar-refractivity contribution is 6.00. The molecule has 1 heteroatoms. The quantitative estimate of drug-likeness (QED) is 0.179. The zero-order chi connectivity index (χ0) is 35.3. The average molecular weight is 678 g/mol. The van der Waals surface area contributed by atoms with E-state index in [9.17, 15) is 0 Å². The van der Waals surface area contributed by atoms with Crippen molar-refractivity contribution in [1.29, 1.82) is 0 Å². The van der Waals surface area contributed by atoms with E-state index in [0.717, 1.165) is 6.42 Å². The maximum Gasteiger partial charge on any atom is 0.0726 e. The molecule has 0 bridgehead atoms. The third kappa shape index (κ3) is 4.03. The minimum Gasteiger partial charge on any atom is -0.313 e. The first-order valence-corrected chi connectivity index (χ1v) is 19.0. The lowest BCUT2D eigenvalue weighted by Gasteiger charge is -2.36. The number of hydrogen-bond acceptors (Lipinski definition) is 1. The fourth-order valence-electron chi connectivity index (χ4n) is 10.4. The fourth-order valence-corrected chi connectivity index (χ4v) is 10.4. The van der Waals surface area contributed by atoms with Crippen LogP contribution in [0.15, 0.2) is 188 Å². The summed E-state index contributed by atoms with van der Waals surface area (Å²) in [4.78, 5) is 2.61. The van der Waals surface area contributed by atoms with Gasteiger partial charge >= 0.3 is 0 Å². The van der Waals surface area contributed by atoms with Crippen molar-refractivity contribution in [1.82, 2.24) is 0 Å². The second kappa shape index (κ2) is 11.2. The molecule has 0 saturated carbocycles. The Morgan fingerprint density at radius 1 is 0.491 bits per heavy atom. The van der Waals surface area contributed by atoms with Crippen molar-refractivity contribution >= 4 is 11.4 Å². The van der Waals surface area contributed by atoms with E-state index in [1.807, 2.05) is 0 Å². The van der Waals surface area contributed by atoms with Crippen molar-refractivity contribution in [2.75, 3.05) is 4.90 Å². The Hall–Kier alpha value is -6.18. The van der Waals surface area contributed by atoms with E-state index in [0.29, 0.717) is 0 Å². The van der Waals surface area contributed by atoms with E-state index in [1.165, 1.54) is 89.4 Å². The number of benzene rings is 7. The number of anilines is 2. The predicted octanol–water partition coefficient (Wildman–Crippen LogP) is 13.1. The summed E-state index contributed by atoms with van der Waals surface area (Å²) in [7, 11) is 0. The zero-order valence-electron chi connectivity index (χ0n) is 30.1. The van der Waals surface area contributed by atoms with Gasteiger partial charge in [-0.25, -0.2) is 0 Å². The van der Waals surface area contributed by atoms with Crippen LogP contribution in [-0.4, -0.2) is 0 Å². The topological polar surface area (TPSA) is 3.24 Å². The molecule has 4 aliphatic rings. The van der Waals surface area contributed by atoms with Gasteiger partial charge in [-0.05, 0) is 97.5 Å². The molecule has 53 heavy (non-hydrogen) atoms. The summed E-state index contributed by atoms with van der Waals surface area (Å²) in [5.74, 6) is 0.203. The average Bonchev–Trinajstić information content (AvgIpc) is 3.78. The van der Waals surface area contributed by atoms with Crippen LogP contribution in [0.4, 0.5) is 11.4 Å². The van der Waals surface area contributed by atoms with Gasteiger partial charge in [0.25, 0.3) is 0 Å². The summed E-state index contributed by atoms with van der Waals surface area (Å²) in [6.45, 7) is 4.77. The first-order valence-electron chi connectivity index (χ1n) is 19.0. The Bertz CT molecular complexity index is 2640. The SMILES string of the molecule is CC1(C)c2ccccc2-c2ccc(N(C3=CC=CCC3c3ccccc3)c3cccc4c3-c3ccccc3C43c4ccccc4-c4ccccc43)cc21. The lowest BCUT2D eigenvalue weighted by atomic mass is 9.70. The molecule has 4 aliphatic carbocycles. The van der Waals surface area contributed by atoms with Crippen molar-refractivity contribution in [2.24, 2.45) is 0 Å². The molecule has 0 fully saturated rings. The molecule has 11 rings (SSSR count). The molecule has 1 atom stereocenters. The lowest BCUT2D eigenvalue weighted by molar-refractivity contribution is 0.660. The van der Waals surface area contributed by atoms with E-state index in [-0.39, 0.29) is 11.3 Å². The van der Waals surface area contributed by atoms with Crippen LogP contribution in [0, 0.1) is 0 Å². The van der Waals surface area contributed by atoms with Gasteiger partial charge in [-0.3, -0.25) is 0 Å². The first-order chi connectivity index (χ1) is 26.1. The molecule has 0 radical (unpaired) electrons. The van der Waals surface area contributed by atoms with Gasteiger partial charge in [0.1, 0.15) is 0 Å². The summed E-state index contributed by atoms with van der Waals surface area (Å²) in [5, 5.41) is 0. The molecule has 252 valence electrons. The van der Waals surface area contributed by atoms with E-state index < -0.39 is 5.41 Å². The lowest BCUT2D eigenvalue weighted by Crippen LogP contribution is -2.27. The molecule has 0 amide bonds. The first kappa shape index (κ1) is 30.4. The monoisotopic (exact) mass is 677 g/mol. The number of nitrogens with zero attached hydrogens (tertiary/aromatic N) is 1. The van der Waals surface area contributed by atoms with E-state index in [1.54, 1.807) is 0 Å². The third-order valence-corrected chi connectivity index (χ3v) is 12.7. The van der Waals surface area contributed by atoms with Crippen LogP contribution < -0.4 is 4.90 Å². The normalized spacial score (nSPS) is 17.3. The second-order valence-corrected chi connectivity index (χ2v) is 15.5. The predicted molar refractivity (Wildman–Crippen MR) is 220 cm³/mol. The zero-order valence-corrected chi connectivity index (χ0v) is 30.1. The molecular formula is C52H39N. The molecule has 0 saturated heterocycles. The second-order valence-electron chi connectivity index (χ2n) is 15.5. The van der Waals surface area contributed by atoms with Gasteiger partial charge in [0.15, 0.2) is 0 Å². The Balaban J connectivity index is 1.21. The van der Waals surface area contributed by atoms with Gasteiger partial charge in [0.05, 0.1) is 11.1 Å². The highest BCUT2D eigenvalue weighted by Crippen LogP contribution is 2.65. The maximum absolute atomic E-state index is 2.61. The van der Waals surface area contributed by atoms with Crippen LogP contribution >= 0.6 is 0 Å². The van der Waals surface area contributed by atoms with Gasteiger partial charge in [0, 0.05) is 28.3 Å². The van der Waals surface area contributed by atoms with E-state index >= 15 is 0 Å². The molecule has 0 heterocycles. The smallest absolute Gasteiger partial charge is 0.0726 e. The number of rotatable bonds is 4. The molecule has 7 aromatic carbocycles. The van der Waals surface area contributed by atoms with Gasteiger partial charge in [-0.1, -0.05) is 172 Å². The molecule has 1 nitrogen and oxygen atoms in total. The summed E-state index contributed by atoms with van der Waals surface area (Å²) in [5.41, 5.74) is 20.8. The summed E-state index contributed by atoms with van der Waals surface area (Å²) in [6, 6.07) is 61.7. The highest BCUT2D eigenvalue weighted by atomic mass is 15.2. The van der Waals surface area contributed by atoms with Crippen molar-refractivity contribution in [3.63, 3.8) is 0 Å². The Labute approximate surface area is 312 Å². The Morgan fingerprint density at radius 3 is 1.74 bits per heavy atom. The van der Waals surface area contributed by atoms with Crippen LogP contribution in [0.25, 0.3) is 33.4 Å². The molecule has 0 aromatic heterocycles. The largest absolute Gasteiger partial charge is 0.313 e. The molecule has 0 N–H and O–H groups in total. The van der Waals surface area contributed by atoms with E-state index in [2.05, 4.69) is 201 Å². The molecule has 1 unspecified atom stereocenters. The van der Waals surface area contributed by atoms with Crippen molar-refractivity contribution < 1.29 is 0 Å². The molecule has 7 aromatic rings. The van der Waals surface area contributed by atoms with Gasteiger partial charge < -0.3 is 4.90 Å². The van der Waals surface area contributed by atoms with Gasteiger partial charge in [0.2, 0.25) is 0 Å². The highest BCUT2D eigenvalue weighted by Gasteiger charge is 2.52. The Kier molecular flexibility index (Phi) is 6.41. The molecular weight excluding hydrogens is 639 g/mol. The van der Waals surface area contributed by atoms with Crippen molar-refractivity contribution in [2.45, 2.75) is 37.0 Å². The van der Waals surface area contributed by atoms with Gasteiger partial charge in [-0.2, -0.15) is 0 Å². The standard InChI is InChI=1S/C52H39N/c1-51(2)42-24-11-6-20-37(42)40-32-31-35(33-47(40)51)53(48-29-15-10-19-36(48)34-17-4-3-5-18-34)49-30-16-28-46-50(49)41-23-9-14-27-45(41)52(46)43-25-12-7-21-38(43)39-22-8-13-26-44(39)52/h3-18,20-33,36H,19H2,1-2H3. The molecule has 1 spiro atoms. The summed E-state index contributed by atoms with van der Waals surface area (Å²) >= 11 is 0. The fraction of sp³-hybridized carbons (Fsp3) is 0.115.